The standard InChI is InChI=1S/C17H17NO3/c19-18-16-10-9-15-14(16)7-4-8-17(15)21-12-11-20-13-5-2-1-3-6-13/h1-8,19H,9-12H2. The Kier molecular flexibility index (Phi) is 4.05. The molecule has 2 aromatic carbocycles. The number of ether oxygens (including phenoxy) is 2. The molecule has 4 heteroatoms. The highest BCUT2D eigenvalue weighted by Crippen LogP contribution is 2.30. The molecule has 0 aromatic heterocycles. The highest BCUT2D eigenvalue weighted by atomic mass is 16.5. The van der Waals surface area contributed by atoms with Crippen molar-refractivity contribution in [1.29, 1.82) is 0 Å². The fraction of sp³-hybridized carbons (Fsp3) is 0.235. The Bertz CT molecular complexity index is 638. The second kappa shape index (κ2) is 6.31. The lowest BCUT2D eigenvalue weighted by molar-refractivity contribution is 0.216. The predicted octanol–water partition coefficient (Wildman–Crippen LogP) is 3.27. The number of nitrogens with zero attached hydrogens (tertiary/aromatic N) is 1. The smallest absolute Gasteiger partial charge is 0.123 e. The Morgan fingerprint density at radius 1 is 0.905 bits per heavy atom. The molecule has 1 aliphatic carbocycles. The van der Waals surface area contributed by atoms with E-state index in [1.54, 1.807) is 0 Å². The summed E-state index contributed by atoms with van der Waals surface area (Å²) in [6.07, 6.45) is 1.61. The summed E-state index contributed by atoms with van der Waals surface area (Å²) < 4.78 is 11.4. The second-order valence-corrected chi connectivity index (χ2v) is 4.84. The van der Waals surface area contributed by atoms with Gasteiger partial charge in [-0.05, 0) is 31.0 Å². The van der Waals surface area contributed by atoms with Gasteiger partial charge < -0.3 is 14.7 Å². The molecule has 1 aliphatic rings. The van der Waals surface area contributed by atoms with Crippen LogP contribution in [0.1, 0.15) is 17.5 Å². The van der Waals surface area contributed by atoms with Gasteiger partial charge in [0.15, 0.2) is 0 Å². The number of benzene rings is 2. The largest absolute Gasteiger partial charge is 0.490 e. The van der Waals surface area contributed by atoms with Crippen LogP contribution in [0.5, 0.6) is 11.5 Å². The molecule has 0 aliphatic heterocycles. The maximum atomic E-state index is 8.97. The first kappa shape index (κ1) is 13.5. The first-order valence-corrected chi connectivity index (χ1v) is 7.02. The average Bonchev–Trinajstić information content (AvgIpc) is 2.96. The predicted molar refractivity (Wildman–Crippen MR) is 80.5 cm³/mol. The van der Waals surface area contributed by atoms with Crippen molar-refractivity contribution in [3.63, 3.8) is 0 Å². The molecule has 0 saturated heterocycles. The third-order valence-corrected chi connectivity index (χ3v) is 3.53. The zero-order valence-corrected chi connectivity index (χ0v) is 11.7. The van der Waals surface area contributed by atoms with Crippen LogP contribution in [0.15, 0.2) is 53.7 Å². The van der Waals surface area contributed by atoms with Crippen LogP contribution >= 0.6 is 0 Å². The van der Waals surface area contributed by atoms with Gasteiger partial charge in [0.05, 0.1) is 5.71 Å². The molecule has 3 rings (SSSR count). The topological polar surface area (TPSA) is 51.1 Å². The summed E-state index contributed by atoms with van der Waals surface area (Å²) in [7, 11) is 0. The molecule has 0 spiro atoms. The van der Waals surface area contributed by atoms with Gasteiger partial charge >= 0.3 is 0 Å². The van der Waals surface area contributed by atoms with E-state index in [9.17, 15) is 0 Å². The van der Waals surface area contributed by atoms with E-state index in [-0.39, 0.29) is 0 Å². The normalized spacial score (nSPS) is 15.0. The van der Waals surface area contributed by atoms with E-state index in [4.69, 9.17) is 14.7 Å². The molecule has 4 nitrogen and oxygen atoms in total. The van der Waals surface area contributed by atoms with E-state index in [1.165, 1.54) is 0 Å². The molecule has 0 atom stereocenters. The number of hydrogen-bond acceptors (Lipinski definition) is 4. The van der Waals surface area contributed by atoms with Crippen LogP contribution in [0.25, 0.3) is 0 Å². The Hall–Kier alpha value is -2.49. The molecule has 2 aromatic rings. The minimum Gasteiger partial charge on any atom is -0.490 e. The molecule has 1 N–H and O–H groups in total. The van der Waals surface area contributed by atoms with Crippen molar-refractivity contribution in [2.75, 3.05) is 13.2 Å². The molecule has 21 heavy (non-hydrogen) atoms. The van der Waals surface area contributed by atoms with Crippen molar-refractivity contribution >= 4 is 5.71 Å². The van der Waals surface area contributed by atoms with E-state index in [2.05, 4.69) is 5.16 Å². The maximum Gasteiger partial charge on any atom is 0.123 e. The van der Waals surface area contributed by atoms with Gasteiger partial charge in [-0.25, -0.2) is 0 Å². The number of fused-ring (bicyclic) bond motifs is 1. The zero-order chi connectivity index (χ0) is 14.5. The molecule has 0 bridgehead atoms. The molecule has 0 heterocycles. The van der Waals surface area contributed by atoms with Gasteiger partial charge in [0.25, 0.3) is 0 Å². The number of oxime groups is 1. The number of rotatable bonds is 5. The van der Waals surface area contributed by atoms with Gasteiger partial charge in [-0.2, -0.15) is 0 Å². The zero-order valence-electron chi connectivity index (χ0n) is 11.7. The lowest BCUT2D eigenvalue weighted by atomic mass is 10.1. The third kappa shape index (κ3) is 2.99. The Morgan fingerprint density at radius 3 is 2.52 bits per heavy atom. The maximum absolute atomic E-state index is 8.97. The summed E-state index contributed by atoms with van der Waals surface area (Å²) in [6.45, 7) is 0.978. The van der Waals surface area contributed by atoms with Gasteiger partial charge in [-0.15, -0.1) is 0 Å². The van der Waals surface area contributed by atoms with Crippen molar-refractivity contribution in [2.45, 2.75) is 12.8 Å². The summed E-state index contributed by atoms with van der Waals surface area (Å²) in [4.78, 5) is 0. The number of hydrogen-bond donors (Lipinski definition) is 1. The first-order valence-electron chi connectivity index (χ1n) is 7.02. The van der Waals surface area contributed by atoms with Crippen LogP contribution < -0.4 is 9.47 Å². The Balaban J connectivity index is 1.58. The third-order valence-electron chi connectivity index (χ3n) is 3.53. The summed E-state index contributed by atoms with van der Waals surface area (Å²) in [5.41, 5.74) is 2.83. The molecular weight excluding hydrogens is 266 g/mol. The van der Waals surface area contributed by atoms with E-state index in [0.29, 0.717) is 13.2 Å². The summed E-state index contributed by atoms with van der Waals surface area (Å²) in [5.74, 6) is 1.69. The van der Waals surface area contributed by atoms with Crippen LogP contribution in [0, 0.1) is 0 Å². The lowest BCUT2D eigenvalue weighted by Gasteiger charge is -2.11. The van der Waals surface area contributed by atoms with Crippen molar-refractivity contribution in [2.24, 2.45) is 5.16 Å². The fourth-order valence-corrected chi connectivity index (χ4v) is 2.54. The summed E-state index contributed by atoms with van der Waals surface area (Å²) in [5, 5.41) is 12.3. The van der Waals surface area contributed by atoms with Crippen molar-refractivity contribution in [3.8, 4) is 11.5 Å². The summed E-state index contributed by atoms with van der Waals surface area (Å²) in [6, 6.07) is 15.5. The van der Waals surface area contributed by atoms with E-state index in [0.717, 1.165) is 41.2 Å². The van der Waals surface area contributed by atoms with Crippen molar-refractivity contribution in [3.05, 3.63) is 59.7 Å². The van der Waals surface area contributed by atoms with Crippen molar-refractivity contribution < 1.29 is 14.7 Å². The minimum absolute atomic E-state index is 0.483. The molecule has 0 amide bonds. The van der Waals surface area contributed by atoms with Gasteiger partial charge in [-0.1, -0.05) is 35.5 Å². The van der Waals surface area contributed by atoms with E-state index < -0.39 is 0 Å². The molecule has 0 saturated carbocycles. The second-order valence-electron chi connectivity index (χ2n) is 4.84. The van der Waals surface area contributed by atoms with Gasteiger partial charge in [0.1, 0.15) is 24.7 Å². The Morgan fingerprint density at radius 2 is 1.71 bits per heavy atom. The monoisotopic (exact) mass is 283 g/mol. The number of para-hydroxylation sites is 1. The van der Waals surface area contributed by atoms with Crippen LogP contribution in [0.2, 0.25) is 0 Å². The molecular formula is C17H17NO3. The molecule has 0 unspecified atom stereocenters. The Labute approximate surface area is 123 Å². The quantitative estimate of drug-likeness (QED) is 0.520. The first-order chi connectivity index (χ1) is 10.4. The molecule has 0 radical (unpaired) electrons. The van der Waals surface area contributed by atoms with Crippen LogP contribution in [0.4, 0.5) is 0 Å². The molecule has 108 valence electrons. The SMILES string of the molecule is ON=C1CCc2c(OCCOc3ccccc3)cccc21. The van der Waals surface area contributed by atoms with Crippen LogP contribution in [-0.2, 0) is 6.42 Å². The van der Waals surface area contributed by atoms with E-state index >= 15 is 0 Å². The van der Waals surface area contributed by atoms with Crippen LogP contribution in [-0.4, -0.2) is 24.1 Å². The van der Waals surface area contributed by atoms with E-state index in [1.807, 2.05) is 48.5 Å². The highest BCUT2D eigenvalue weighted by molar-refractivity contribution is 6.04. The average molecular weight is 283 g/mol. The van der Waals surface area contributed by atoms with Gasteiger partial charge in [0, 0.05) is 11.1 Å². The van der Waals surface area contributed by atoms with Crippen molar-refractivity contribution in [1.82, 2.24) is 0 Å². The lowest BCUT2D eigenvalue weighted by Crippen LogP contribution is -2.10. The fourth-order valence-electron chi connectivity index (χ4n) is 2.54. The highest BCUT2D eigenvalue weighted by Gasteiger charge is 2.21. The summed E-state index contributed by atoms with van der Waals surface area (Å²) >= 11 is 0. The van der Waals surface area contributed by atoms with Gasteiger partial charge in [-0.3, -0.25) is 0 Å². The minimum atomic E-state index is 0.483. The van der Waals surface area contributed by atoms with Crippen LogP contribution in [0.3, 0.4) is 0 Å². The van der Waals surface area contributed by atoms with Gasteiger partial charge in [0.2, 0.25) is 0 Å². The molecule has 0 fully saturated rings.